The third kappa shape index (κ3) is 4.97. The van der Waals surface area contributed by atoms with Crippen molar-refractivity contribution in [3.8, 4) is 0 Å². The van der Waals surface area contributed by atoms with E-state index in [1.54, 1.807) is 24.3 Å². The summed E-state index contributed by atoms with van der Waals surface area (Å²) in [6.45, 7) is 3.60. The Hall–Kier alpha value is -2.71. The Balaban J connectivity index is 1.53. The number of piperazine rings is 1. The van der Waals surface area contributed by atoms with E-state index in [9.17, 15) is 14.7 Å². The summed E-state index contributed by atoms with van der Waals surface area (Å²) in [5, 5.41) is 13.0. The number of nitrogens with zero attached hydrogens (tertiary/aromatic N) is 3. The van der Waals surface area contributed by atoms with Crippen molar-refractivity contribution in [1.29, 1.82) is 0 Å². The molecule has 0 radical (unpaired) electrons. The maximum atomic E-state index is 12.0. The summed E-state index contributed by atoms with van der Waals surface area (Å²) in [6.07, 6.45) is 6.59. The van der Waals surface area contributed by atoms with Gasteiger partial charge in [0.25, 0.3) is 0 Å². The number of carbonyl (C=O) groups is 2. The van der Waals surface area contributed by atoms with Crippen LogP contribution in [0.4, 0.5) is 11.5 Å². The number of aromatic nitrogens is 1. The first-order valence-corrected chi connectivity index (χ1v) is 11.0. The number of fused-ring (bicyclic) bond motifs is 1. The number of pyridine rings is 1. The van der Waals surface area contributed by atoms with E-state index in [0.717, 1.165) is 26.2 Å². The van der Waals surface area contributed by atoms with Crippen molar-refractivity contribution < 1.29 is 19.4 Å². The van der Waals surface area contributed by atoms with Gasteiger partial charge in [-0.25, -0.2) is 9.78 Å². The number of benzene rings is 1. The zero-order valence-corrected chi connectivity index (χ0v) is 18.0. The highest BCUT2D eigenvalue weighted by Crippen LogP contribution is 2.28. The molecule has 2 N–H and O–H groups in total. The second-order valence-electron chi connectivity index (χ2n) is 8.36. The number of methoxy groups -OCH3 is 1. The van der Waals surface area contributed by atoms with Crippen LogP contribution >= 0.6 is 0 Å². The second-order valence-corrected chi connectivity index (χ2v) is 8.36. The van der Waals surface area contributed by atoms with Crippen molar-refractivity contribution in [3.63, 3.8) is 0 Å². The van der Waals surface area contributed by atoms with Gasteiger partial charge in [0.1, 0.15) is 12.4 Å². The molecule has 0 atom stereocenters. The molecule has 0 spiro atoms. The lowest BCUT2D eigenvalue weighted by Crippen LogP contribution is -2.51. The summed E-state index contributed by atoms with van der Waals surface area (Å²) in [4.78, 5) is 33.3. The lowest BCUT2D eigenvalue weighted by molar-refractivity contribution is -0.119. The number of amides is 1. The van der Waals surface area contributed by atoms with E-state index in [2.05, 4.69) is 15.1 Å². The van der Waals surface area contributed by atoms with Crippen LogP contribution in [-0.2, 0) is 9.53 Å². The maximum Gasteiger partial charge on any atom is 0.336 e. The normalized spacial score (nSPS) is 18.3. The number of aromatic carboxylic acids is 1. The zero-order chi connectivity index (χ0) is 21.8. The highest BCUT2D eigenvalue weighted by Gasteiger charge is 2.26. The van der Waals surface area contributed by atoms with Crippen molar-refractivity contribution in [3.05, 3.63) is 29.8 Å². The van der Waals surface area contributed by atoms with Crippen molar-refractivity contribution in [2.75, 3.05) is 50.1 Å². The minimum absolute atomic E-state index is 0.0617. The third-order valence-electron chi connectivity index (χ3n) is 6.31. The highest BCUT2D eigenvalue weighted by atomic mass is 16.5. The molecule has 8 nitrogen and oxygen atoms in total. The molecular formula is C23H30N4O4. The van der Waals surface area contributed by atoms with Crippen LogP contribution in [0.25, 0.3) is 10.9 Å². The Morgan fingerprint density at radius 2 is 1.87 bits per heavy atom. The Morgan fingerprint density at radius 1 is 1.13 bits per heavy atom. The van der Waals surface area contributed by atoms with E-state index in [1.807, 2.05) is 0 Å². The Labute approximate surface area is 182 Å². The maximum absolute atomic E-state index is 12.0. The van der Waals surface area contributed by atoms with Gasteiger partial charge in [-0.05, 0) is 37.1 Å². The van der Waals surface area contributed by atoms with Crippen LogP contribution in [0.5, 0.6) is 0 Å². The Kier molecular flexibility index (Phi) is 6.67. The standard InChI is InChI=1S/C23H30N4O4/c1-31-15-22(28)24-16-7-8-20-18(13-16)19(23(29)30)14-21(25-20)27-11-9-26(10-12-27)17-5-3-2-4-6-17/h7-8,13-14,17H,2-6,9-12,15H2,1H3,(H,24,28)(H,29,30). The number of rotatable bonds is 6. The predicted molar refractivity (Wildman–Crippen MR) is 120 cm³/mol. The molecule has 1 aliphatic heterocycles. The molecule has 166 valence electrons. The summed E-state index contributed by atoms with van der Waals surface area (Å²) >= 11 is 0. The minimum atomic E-state index is -1.00. The van der Waals surface area contributed by atoms with Crippen LogP contribution in [0.3, 0.4) is 0 Å². The Bertz CT molecular complexity index is 950. The molecule has 1 aromatic heterocycles. The van der Waals surface area contributed by atoms with Gasteiger partial charge in [0, 0.05) is 50.4 Å². The highest BCUT2D eigenvalue weighted by molar-refractivity contribution is 6.05. The van der Waals surface area contributed by atoms with Gasteiger partial charge in [0.05, 0.1) is 11.1 Å². The first-order valence-electron chi connectivity index (χ1n) is 11.0. The van der Waals surface area contributed by atoms with Crippen LogP contribution in [0.15, 0.2) is 24.3 Å². The molecule has 1 saturated carbocycles. The second kappa shape index (κ2) is 9.62. The molecule has 0 bridgehead atoms. The minimum Gasteiger partial charge on any atom is -0.478 e. The van der Waals surface area contributed by atoms with Gasteiger partial charge in [-0.3, -0.25) is 9.69 Å². The average Bonchev–Trinajstić information content (AvgIpc) is 2.79. The van der Waals surface area contributed by atoms with Gasteiger partial charge in [-0.2, -0.15) is 0 Å². The molecule has 1 saturated heterocycles. The molecule has 2 heterocycles. The van der Waals surface area contributed by atoms with Gasteiger partial charge in [-0.1, -0.05) is 19.3 Å². The van der Waals surface area contributed by atoms with Crippen molar-refractivity contribution in [2.45, 2.75) is 38.1 Å². The molecule has 2 fully saturated rings. The van der Waals surface area contributed by atoms with E-state index >= 15 is 0 Å². The van der Waals surface area contributed by atoms with E-state index < -0.39 is 5.97 Å². The molecule has 31 heavy (non-hydrogen) atoms. The number of hydrogen-bond donors (Lipinski definition) is 2. The van der Waals surface area contributed by atoms with Gasteiger partial charge in [0.2, 0.25) is 5.91 Å². The third-order valence-corrected chi connectivity index (χ3v) is 6.31. The van der Waals surface area contributed by atoms with Crippen LogP contribution < -0.4 is 10.2 Å². The van der Waals surface area contributed by atoms with Crippen LogP contribution in [0.2, 0.25) is 0 Å². The van der Waals surface area contributed by atoms with E-state index in [4.69, 9.17) is 9.72 Å². The summed E-state index contributed by atoms with van der Waals surface area (Å²) in [6, 6.07) is 7.50. The first-order chi connectivity index (χ1) is 15.0. The summed E-state index contributed by atoms with van der Waals surface area (Å²) in [7, 11) is 1.45. The Morgan fingerprint density at radius 3 is 2.55 bits per heavy atom. The van der Waals surface area contributed by atoms with Crippen LogP contribution in [0, 0.1) is 0 Å². The fraction of sp³-hybridized carbons (Fsp3) is 0.522. The molecule has 4 rings (SSSR count). The van der Waals surface area contributed by atoms with E-state index in [1.165, 1.54) is 39.2 Å². The molecule has 8 heteroatoms. The van der Waals surface area contributed by atoms with E-state index in [0.29, 0.717) is 28.5 Å². The monoisotopic (exact) mass is 426 g/mol. The number of ether oxygens (including phenoxy) is 1. The van der Waals surface area contributed by atoms with Gasteiger partial charge in [0.15, 0.2) is 0 Å². The molecule has 1 amide bonds. The topological polar surface area (TPSA) is 95.0 Å². The largest absolute Gasteiger partial charge is 0.478 e. The van der Waals surface area contributed by atoms with Crippen molar-refractivity contribution >= 4 is 34.3 Å². The quantitative estimate of drug-likeness (QED) is 0.733. The number of nitrogens with one attached hydrogen (secondary N) is 1. The average molecular weight is 427 g/mol. The van der Waals surface area contributed by atoms with Crippen molar-refractivity contribution in [2.24, 2.45) is 0 Å². The fourth-order valence-electron chi connectivity index (χ4n) is 4.72. The number of hydrogen-bond acceptors (Lipinski definition) is 6. The SMILES string of the molecule is COCC(=O)Nc1ccc2nc(N3CCN(C4CCCCC4)CC3)cc(C(=O)O)c2c1. The van der Waals surface area contributed by atoms with E-state index in [-0.39, 0.29) is 18.1 Å². The molecule has 1 aromatic carbocycles. The summed E-state index contributed by atoms with van der Waals surface area (Å²) in [5.41, 5.74) is 1.32. The predicted octanol–water partition coefficient (Wildman–Crippen LogP) is 2.97. The first kappa shape index (κ1) is 21.5. The van der Waals surface area contributed by atoms with Gasteiger partial charge in [-0.15, -0.1) is 0 Å². The molecule has 2 aliphatic rings. The fourth-order valence-corrected chi connectivity index (χ4v) is 4.72. The van der Waals surface area contributed by atoms with Crippen molar-refractivity contribution in [1.82, 2.24) is 9.88 Å². The summed E-state index contributed by atoms with van der Waals surface area (Å²) in [5.74, 6) is -0.599. The number of anilines is 2. The van der Waals surface area contributed by atoms with Gasteiger partial charge < -0.3 is 20.1 Å². The molecular weight excluding hydrogens is 396 g/mol. The zero-order valence-electron chi connectivity index (χ0n) is 18.0. The number of carboxylic acid groups (broad SMARTS) is 1. The smallest absolute Gasteiger partial charge is 0.336 e. The van der Waals surface area contributed by atoms with Gasteiger partial charge >= 0.3 is 5.97 Å². The lowest BCUT2D eigenvalue weighted by Gasteiger charge is -2.41. The van der Waals surface area contributed by atoms with Crippen LogP contribution in [0.1, 0.15) is 42.5 Å². The number of carboxylic acids is 1. The lowest BCUT2D eigenvalue weighted by atomic mass is 9.94. The summed E-state index contributed by atoms with van der Waals surface area (Å²) < 4.78 is 4.83. The van der Waals surface area contributed by atoms with Crippen LogP contribution in [-0.4, -0.2) is 72.8 Å². The number of carbonyl (C=O) groups excluding carboxylic acids is 1. The molecule has 2 aromatic rings. The molecule has 1 aliphatic carbocycles. The molecule has 0 unspecified atom stereocenters.